The van der Waals surface area contributed by atoms with E-state index in [0.717, 1.165) is 0 Å². The van der Waals surface area contributed by atoms with E-state index in [9.17, 15) is 4.21 Å². The van der Waals surface area contributed by atoms with E-state index < -0.39 is 10.8 Å². The fourth-order valence-corrected chi connectivity index (χ4v) is 2.84. The van der Waals surface area contributed by atoms with Crippen molar-refractivity contribution >= 4 is 33.5 Å². The molecule has 0 fully saturated rings. The quantitative estimate of drug-likeness (QED) is 0.605. The van der Waals surface area contributed by atoms with E-state index >= 15 is 0 Å². The molecule has 0 saturated carbocycles. The summed E-state index contributed by atoms with van der Waals surface area (Å²) in [6, 6.07) is 10.0. The zero-order chi connectivity index (χ0) is 13.3. The summed E-state index contributed by atoms with van der Waals surface area (Å²) in [4.78, 5) is 0.875. The molecule has 2 aromatic carbocycles. The largest absolute Gasteiger partial charge is 0.397 e. The van der Waals surface area contributed by atoms with Crippen LogP contribution in [0.5, 0.6) is 0 Å². The molecule has 6 heteroatoms. The minimum atomic E-state index is -1.50. The van der Waals surface area contributed by atoms with E-state index in [4.69, 9.17) is 22.9 Å². The Morgan fingerprint density at radius 2 is 1.11 bits per heavy atom. The monoisotopic (exact) mass is 262 g/mol. The number of nitrogens with two attached hydrogens (primary N) is 4. The lowest BCUT2D eigenvalue weighted by Crippen LogP contribution is -2.05. The standard InChI is InChI=1S/C12H14N4OS/c13-7-3-1-5-9(11(7)15)18(17)10-6-2-4-8(14)12(10)16/h1-6H,13-16H2. The van der Waals surface area contributed by atoms with Gasteiger partial charge in [-0.05, 0) is 24.3 Å². The average Bonchev–Trinajstić information content (AvgIpc) is 2.35. The molecule has 0 saturated heterocycles. The summed E-state index contributed by atoms with van der Waals surface area (Å²) in [5.74, 6) is 0. The summed E-state index contributed by atoms with van der Waals surface area (Å²) in [6.07, 6.45) is 0. The molecule has 0 aliphatic rings. The molecule has 0 radical (unpaired) electrons. The third-order valence-electron chi connectivity index (χ3n) is 2.60. The van der Waals surface area contributed by atoms with E-state index in [1.54, 1.807) is 36.4 Å². The van der Waals surface area contributed by atoms with Crippen LogP contribution in [0.1, 0.15) is 0 Å². The van der Waals surface area contributed by atoms with Crippen LogP contribution in [0.4, 0.5) is 22.7 Å². The third-order valence-corrected chi connectivity index (χ3v) is 4.11. The summed E-state index contributed by atoms with van der Waals surface area (Å²) in [7, 11) is -1.50. The van der Waals surface area contributed by atoms with E-state index in [-0.39, 0.29) is 0 Å². The van der Waals surface area contributed by atoms with Gasteiger partial charge in [0.05, 0.1) is 43.3 Å². The molecule has 94 valence electrons. The topological polar surface area (TPSA) is 121 Å². The van der Waals surface area contributed by atoms with Crippen LogP contribution >= 0.6 is 0 Å². The Morgan fingerprint density at radius 3 is 1.50 bits per heavy atom. The molecule has 8 N–H and O–H groups in total. The van der Waals surface area contributed by atoms with Gasteiger partial charge in [-0.3, -0.25) is 0 Å². The molecule has 0 unspecified atom stereocenters. The number of hydrogen-bond donors (Lipinski definition) is 4. The Morgan fingerprint density at radius 1 is 0.722 bits per heavy atom. The summed E-state index contributed by atoms with van der Waals surface area (Å²) >= 11 is 0. The highest BCUT2D eigenvalue weighted by Gasteiger charge is 2.15. The van der Waals surface area contributed by atoms with E-state index in [2.05, 4.69) is 0 Å². The van der Waals surface area contributed by atoms with Crippen molar-refractivity contribution in [3.63, 3.8) is 0 Å². The Hall–Kier alpha value is -2.21. The maximum absolute atomic E-state index is 12.4. The molecule has 0 heterocycles. The Balaban J connectivity index is 2.55. The first-order chi connectivity index (χ1) is 8.52. The van der Waals surface area contributed by atoms with E-state index in [0.29, 0.717) is 32.5 Å². The maximum Gasteiger partial charge on any atom is 0.0893 e. The molecular weight excluding hydrogens is 248 g/mol. The van der Waals surface area contributed by atoms with Crippen molar-refractivity contribution in [1.82, 2.24) is 0 Å². The van der Waals surface area contributed by atoms with Crippen molar-refractivity contribution in [3.05, 3.63) is 36.4 Å². The van der Waals surface area contributed by atoms with Crippen molar-refractivity contribution in [3.8, 4) is 0 Å². The highest BCUT2D eigenvalue weighted by Crippen LogP contribution is 2.31. The summed E-state index contributed by atoms with van der Waals surface area (Å²) < 4.78 is 12.4. The van der Waals surface area contributed by atoms with Gasteiger partial charge in [-0.15, -0.1) is 0 Å². The first kappa shape index (κ1) is 12.3. The molecule has 2 aromatic rings. The minimum Gasteiger partial charge on any atom is -0.397 e. The zero-order valence-corrected chi connectivity index (χ0v) is 10.4. The van der Waals surface area contributed by atoms with Gasteiger partial charge in [0, 0.05) is 0 Å². The van der Waals surface area contributed by atoms with Gasteiger partial charge in [0.1, 0.15) is 0 Å². The number of hydrogen-bond acceptors (Lipinski definition) is 5. The second kappa shape index (κ2) is 4.58. The number of benzene rings is 2. The van der Waals surface area contributed by atoms with Gasteiger partial charge in [0.25, 0.3) is 0 Å². The normalized spacial score (nSPS) is 10.7. The van der Waals surface area contributed by atoms with Crippen LogP contribution in [0.2, 0.25) is 0 Å². The van der Waals surface area contributed by atoms with Crippen molar-refractivity contribution in [2.75, 3.05) is 22.9 Å². The van der Waals surface area contributed by atoms with Crippen LogP contribution in [0, 0.1) is 0 Å². The van der Waals surface area contributed by atoms with Gasteiger partial charge < -0.3 is 22.9 Å². The molecule has 0 bridgehead atoms. The molecule has 0 aromatic heterocycles. The summed E-state index contributed by atoms with van der Waals surface area (Å²) in [5.41, 5.74) is 24.4. The lowest BCUT2D eigenvalue weighted by Gasteiger charge is -2.10. The van der Waals surface area contributed by atoms with Gasteiger partial charge in [-0.25, -0.2) is 4.21 Å². The molecule has 0 aliphatic heterocycles. The zero-order valence-electron chi connectivity index (χ0n) is 9.59. The van der Waals surface area contributed by atoms with E-state index in [1.165, 1.54) is 0 Å². The SMILES string of the molecule is Nc1cccc(S(=O)c2cccc(N)c2N)c1N. The molecule has 0 atom stereocenters. The van der Waals surface area contributed by atoms with Crippen molar-refractivity contribution in [2.45, 2.75) is 9.79 Å². The molecular formula is C12H14N4OS. The Kier molecular flexibility index (Phi) is 3.12. The van der Waals surface area contributed by atoms with Crippen molar-refractivity contribution in [1.29, 1.82) is 0 Å². The molecule has 5 nitrogen and oxygen atoms in total. The lowest BCUT2D eigenvalue weighted by molar-refractivity contribution is 0.683. The fourth-order valence-electron chi connectivity index (χ4n) is 1.56. The summed E-state index contributed by atoms with van der Waals surface area (Å²) in [6.45, 7) is 0. The van der Waals surface area contributed by atoms with Gasteiger partial charge >= 0.3 is 0 Å². The highest BCUT2D eigenvalue weighted by molar-refractivity contribution is 7.85. The van der Waals surface area contributed by atoms with Gasteiger partial charge in [0.15, 0.2) is 0 Å². The minimum absolute atomic E-state index is 0.303. The lowest BCUT2D eigenvalue weighted by atomic mass is 10.3. The average molecular weight is 262 g/mol. The van der Waals surface area contributed by atoms with Crippen molar-refractivity contribution in [2.24, 2.45) is 0 Å². The van der Waals surface area contributed by atoms with Gasteiger partial charge in [-0.1, -0.05) is 12.1 Å². The Labute approximate surface area is 107 Å². The molecule has 0 spiro atoms. The number of nitrogen functional groups attached to an aromatic ring is 4. The predicted molar refractivity (Wildman–Crippen MR) is 75.2 cm³/mol. The number of anilines is 4. The number of rotatable bonds is 2. The van der Waals surface area contributed by atoms with Crippen LogP contribution in [0.25, 0.3) is 0 Å². The smallest absolute Gasteiger partial charge is 0.0893 e. The number of para-hydroxylation sites is 2. The molecule has 0 amide bonds. The van der Waals surface area contributed by atoms with Crippen LogP contribution in [0.15, 0.2) is 46.2 Å². The molecule has 0 aliphatic carbocycles. The van der Waals surface area contributed by atoms with Gasteiger partial charge in [-0.2, -0.15) is 0 Å². The first-order valence-electron chi connectivity index (χ1n) is 5.22. The van der Waals surface area contributed by atoms with Gasteiger partial charge in [0.2, 0.25) is 0 Å². The van der Waals surface area contributed by atoms with Crippen LogP contribution in [-0.4, -0.2) is 4.21 Å². The predicted octanol–water partition coefficient (Wildman–Crippen LogP) is 1.18. The third kappa shape index (κ3) is 1.98. The van der Waals surface area contributed by atoms with Crippen LogP contribution in [-0.2, 0) is 10.8 Å². The molecule has 18 heavy (non-hydrogen) atoms. The second-order valence-corrected chi connectivity index (χ2v) is 5.20. The Bertz CT molecular complexity index is 574. The first-order valence-corrected chi connectivity index (χ1v) is 6.37. The second-order valence-electron chi connectivity index (χ2n) is 3.79. The van der Waals surface area contributed by atoms with Crippen LogP contribution < -0.4 is 22.9 Å². The van der Waals surface area contributed by atoms with Crippen molar-refractivity contribution < 1.29 is 4.21 Å². The fraction of sp³-hybridized carbons (Fsp3) is 0. The van der Waals surface area contributed by atoms with E-state index in [1.807, 2.05) is 0 Å². The maximum atomic E-state index is 12.4. The summed E-state index contributed by atoms with van der Waals surface area (Å²) in [5, 5.41) is 0. The molecule has 2 rings (SSSR count). The highest BCUT2D eigenvalue weighted by atomic mass is 32.2. The van der Waals surface area contributed by atoms with Crippen LogP contribution in [0.3, 0.4) is 0 Å².